The van der Waals surface area contributed by atoms with Crippen molar-refractivity contribution < 1.29 is 0 Å². The van der Waals surface area contributed by atoms with Crippen molar-refractivity contribution in [1.82, 2.24) is 9.13 Å². The largest absolute Gasteiger partial charge is 0.341 e. The van der Waals surface area contributed by atoms with Gasteiger partial charge < -0.3 is 9.13 Å². The van der Waals surface area contributed by atoms with Crippen molar-refractivity contribution >= 4 is 43.6 Å². The third kappa shape index (κ3) is 4.40. The van der Waals surface area contributed by atoms with Crippen LogP contribution in [0.25, 0.3) is 77.0 Å². The van der Waals surface area contributed by atoms with Crippen molar-refractivity contribution in [3.8, 4) is 33.4 Å². The zero-order valence-corrected chi connectivity index (χ0v) is 31.4. The molecule has 0 saturated heterocycles. The lowest BCUT2D eigenvalue weighted by Gasteiger charge is -2.26. The summed E-state index contributed by atoms with van der Waals surface area (Å²) in [7, 11) is 0. The molecule has 0 unspecified atom stereocenters. The van der Waals surface area contributed by atoms with E-state index in [1.54, 1.807) is 0 Å². The van der Waals surface area contributed by atoms with Gasteiger partial charge in [-0.3, -0.25) is 0 Å². The van der Waals surface area contributed by atoms with Crippen LogP contribution in [0.4, 0.5) is 0 Å². The predicted octanol–water partition coefficient (Wildman–Crippen LogP) is 13.4. The fourth-order valence-corrected chi connectivity index (χ4v) is 9.34. The first kappa shape index (κ1) is 32.1. The molecule has 0 N–H and O–H groups in total. The van der Waals surface area contributed by atoms with Crippen molar-refractivity contribution in [2.45, 2.75) is 82.3 Å². The minimum Gasteiger partial charge on any atom is -0.341 e. The summed E-state index contributed by atoms with van der Waals surface area (Å²) in [6.07, 6.45) is 0. The molecule has 0 amide bonds. The van der Waals surface area contributed by atoms with E-state index in [4.69, 9.17) is 0 Å². The molecule has 6 aromatic carbocycles. The Morgan fingerprint density at radius 1 is 0.340 bits per heavy atom. The van der Waals surface area contributed by atoms with Crippen LogP contribution in [0, 0.1) is 55.4 Å². The summed E-state index contributed by atoms with van der Waals surface area (Å²) in [5, 5.41) is 5.34. The van der Waals surface area contributed by atoms with E-state index in [0.29, 0.717) is 0 Å². The predicted molar refractivity (Wildman–Crippen MR) is 218 cm³/mol. The summed E-state index contributed by atoms with van der Waals surface area (Å²) in [6, 6.07) is 31.9. The van der Waals surface area contributed by atoms with E-state index in [9.17, 15) is 0 Å². The lowest BCUT2D eigenvalue weighted by Crippen LogP contribution is -2.05. The van der Waals surface area contributed by atoms with Gasteiger partial charge in [0, 0.05) is 56.7 Å². The molecule has 250 valence electrons. The summed E-state index contributed by atoms with van der Waals surface area (Å²) in [4.78, 5) is 0. The summed E-state index contributed by atoms with van der Waals surface area (Å²) in [5.41, 5.74) is 24.4. The molecular weight excluding hydrogens is 605 g/mol. The highest BCUT2D eigenvalue weighted by atomic mass is 15.0. The number of benzene rings is 6. The fraction of sp³-hybridized carbons (Fsp3) is 0.250. The van der Waals surface area contributed by atoms with Crippen LogP contribution < -0.4 is 0 Å². The first-order chi connectivity index (χ1) is 24.1. The molecule has 2 nitrogen and oxygen atoms in total. The maximum atomic E-state index is 2.44. The number of fused-ring (bicyclic) bond motifs is 6. The molecule has 8 rings (SSSR count). The lowest BCUT2D eigenvalue weighted by molar-refractivity contribution is 0.827. The minimum absolute atomic E-state index is 0.961. The van der Waals surface area contributed by atoms with E-state index in [1.165, 1.54) is 122 Å². The summed E-state index contributed by atoms with van der Waals surface area (Å²) in [6.45, 7) is 25.1. The second-order valence-corrected chi connectivity index (χ2v) is 14.5. The van der Waals surface area contributed by atoms with Crippen molar-refractivity contribution in [2.24, 2.45) is 0 Å². The normalized spacial score (nSPS) is 12.0. The number of aromatic nitrogens is 2. The molecule has 2 aromatic heterocycles. The molecule has 0 fully saturated rings. The Morgan fingerprint density at radius 3 is 0.980 bits per heavy atom. The highest BCUT2D eigenvalue weighted by molar-refractivity contribution is 6.10. The standard InChI is InChI=1S/C48H48N2/c1-11-49-41-19-15-13-17-37(41)39-25-35(21-23-43(39)49)45-27(3)31(7)47(32(8)28(45)4)48-33(9)29(5)46(30(6)34(48)10)36-22-24-44-40(26-36)38-18-14-16-20-42(38)50(44)12-2/h13-26H,11-12H2,1-10H3. The van der Waals surface area contributed by atoms with Crippen molar-refractivity contribution in [2.75, 3.05) is 0 Å². The van der Waals surface area contributed by atoms with Gasteiger partial charge in [0.05, 0.1) is 0 Å². The van der Waals surface area contributed by atoms with Crippen LogP contribution in [0.15, 0.2) is 84.9 Å². The Balaban J connectivity index is 1.30. The van der Waals surface area contributed by atoms with E-state index in [1.807, 2.05) is 0 Å². The van der Waals surface area contributed by atoms with Crippen LogP contribution in [0.2, 0.25) is 0 Å². The van der Waals surface area contributed by atoms with Gasteiger partial charge in [0.25, 0.3) is 0 Å². The van der Waals surface area contributed by atoms with Gasteiger partial charge in [0.15, 0.2) is 0 Å². The van der Waals surface area contributed by atoms with Gasteiger partial charge in [-0.15, -0.1) is 0 Å². The maximum absolute atomic E-state index is 2.44. The third-order valence-corrected chi connectivity index (χ3v) is 12.3. The van der Waals surface area contributed by atoms with Gasteiger partial charge in [-0.2, -0.15) is 0 Å². The molecule has 0 radical (unpaired) electrons. The highest BCUT2D eigenvalue weighted by Crippen LogP contribution is 2.46. The Labute approximate surface area is 297 Å². The van der Waals surface area contributed by atoms with Gasteiger partial charge in [0.2, 0.25) is 0 Å². The number of para-hydroxylation sites is 2. The van der Waals surface area contributed by atoms with Crippen LogP contribution in [-0.4, -0.2) is 9.13 Å². The molecular formula is C48H48N2. The summed E-state index contributed by atoms with van der Waals surface area (Å²) in [5.74, 6) is 0. The first-order valence-corrected chi connectivity index (χ1v) is 18.3. The summed E-state index contributed by atoms with van der Waals surface area (Å²) < 4.78 is 4.88. The van der Waals surface area contributed by atoms with Crippen LogP contribution in [0.1, 0.15) is 58.4 Å². The first-order valence-electron chi connectivity index (χ1n) is 18.3. The molecule has 2 heterocycles. The Bertz CT molecular complexity index is 2450. The Kier molecular flexibility index (Phi) is 7.56. The zero-order valence-electron chi connectivity index (χ0n) is 31.4. The topological polar surface area (TPSA) is 9.86 Å². The third-order valence-electron chi connectivity index (χ3n) is 12.3. The average Bonchev–Trinajstić information content (AvgIpc) is 3.63. The maximum Gasteiger partial charge on any atom is 0.0491 e. The summed E-state index contributed by atoms with van der Waals surface area (Å²) >= 11 is 0. The molecule has 0 aliphatic heterocycles. The van der Waals surface area contributed by atoms with Crippen molar-refractivity contribution in [3.05, 3.63) is 129 Å². The van der Waals surface area contributed by atoms with Crippen LogP contribution >= 0.6 is 0 Å². The molecule has 50 heavy (non-hydrogen) atoms. The average molecular weight is 653 g/mol. The van der Waals surface area contributed by atoms with Gasteiger partial charge in [-0.25, -0.2) is 0 Å². The number of rotatable bonds is 5. The number of aryl methyl sites for hydroxylation is 2. The van der Waals surface area contributed by atoms with Crippen LogP contribution in [0.3, 0.4) is 0 Å². The van der Waals surface area contributed by atoms with E-state index < -0.39 is 0 Å². The molecule has 8 aromatic rings. The Hall–Kier alpha value is -5.08. The molecule has 0 atom stereocenters. The smallest absolute Gasteiger partial charge is 0.0491 e. The molecule has 0 bridgehead atoms. The second-order valence-electron chi connectivity index (χ2n) is 14.5. The van der Waals surface area contributed by atoms with E-state index in [2.05, 4.69) is 163 Å². The van der Waals surface area contributed by atoms with Gasteiger partial charge >= 0.3 is 0 Å². The fourth-order valence-electron chi connectivity index (χ4n) is 9.34. The van der Waals surface area contributed by atoms with E-state index >= 15 is 0 Å². The monoisotopic (exact) mass is 652 g/mol. The number of nitrogens with zero attached hydrogens (tertiary/aromatic N) is 2. The minimum atomic E-state index is 0.961. The SMILES string of the molecule is CCn1c2ccccc2c2cc(-c3c(C)c(C)c(-c4c(C)c(C)c(-c5ccc6c(c5)c5ccccc5n6CC)c(C)c4C)c(C)c3C)ccc21. The van der Waals surface area contributed by atoms with Crippen molar-refractivity contribution in [3.63, 3.8) is 0 Å². The molecule has 0 saturated carbocycles. The molecule has 0 spiro atoms. The number of hydrogen-bond acceptors (Lipinski definition) is 0. The van der Waals surface area contributed by atoms with E-state index in [0.717, 1.165) is 13.1 Å². The van der Waals surface area contributed by atoms with Crippen molar-refractivity contribution in [1.29, 1.82) is 0 Å². The van der Waals surface area contributed by atoms with E-state index in [-0.39, 0.29) is 0 Å². The quantitative estimate of drug-likeness (QED) is 0.175. The van der Waals surface area contributed by atoms with Gasteiger partial charge in [0.1, 0.15) is 0 Å². The van der Waals surface area contributed by atoms with Crippen LogP contribution in [0.5, 0.6) is 0 Å². The second kappa shape index (κ2) is 11.8. The Morgan fingerprint density at radius 2 is 0.640 bits per heavy atom. The van der Waals surface area contributed by atoms with Crippen LogP contribution in [-0.2, 0) is 13.1 Å². The van der Waals surface area contributed by atoms with Gasteiger partial charge in [-0.05, 0) is 184 Å². The lowest BCUT2D eigenvalue weighted by atomic mass is 9.78. The molecule has 0 aliphatic rings. The molecule has 0 aliphatic carbocycles. The molecule has 2 heteroatoms. The zero-order chi connectivity index (χ0) is 35.2. The highest BCUT2D eigenvalue weighted by Gasteiger charge is 2.24. The number of hydrogen-bond donors (Lipinski definition) is 0. The van der Waals surface area contributed by atoms with Gasteiger partial charge in [-0.1, -0.05) is 48.5 Å².